The monoisotopic (exact) mass is 648 g/mol. The summed E-state index contributed by atoms with van der Waals surface area (Å²) in [5, 5.41) is 2.27. The van der Waals surface area contributed by atoms with Crippen LogP contribution < -0.4 is 15.1 Å². The molecule has 3 aromatic carbocycles. The average molecular weight is 649 g/mol. The lowest BCUT2D eigenvalue weighted by Gasteiger charge is -2.56. The van der Waals surface area contributed by atoms with Gasteiger partial charge in [-0.2, -0.15) is 0 Å². The van der Waals surface area contributed by atoms with Gasteiger partial charge >= 0.3 is 0 Å². The Labute approximate surface area is 274 Å². The van der Waals surface area contributed by atoms with Gasteiger partial charge in [0.25, 0.3) is 8.32 Å². The topological polar surface area (TPSA) is 55.4 Å². The molecule has 3 aromatic rings. The summed E-state index contributed by atoms with van der Waals surface area (Å²) >= 11 is 1.66. The normalized spacial score (nSPS) is 26.7. The van der Waals surface area contributed by atoms with Gasteiger partial charge in [0.15, 0.2) is 5.79 Å². The Bertz CT molecular complexity index is 1320. The second-order valence-corrected chi connectivity index (χ2v) is 18.7. The first-order chi connectivity index (χ1) is 21.8. The first-order valence-electron chi connectivity index (χ1n) is 16.3. The van der Waals surface area contributed by atoms with E-state index in [-0.39, 0.29) is 34.9 Å². The highest BCUT2D eigenvalue weighted by Crippen LogP contribution is 2.46. The van der Waals surface area contributed by atoms with Gasteiger partial charge < -0.3 is 28.1 Å². The molecule has 0 amide bonds. The highest BCUT2D eigenvalue weighted by Gasteiger charge is 2.59. The van der Waals surface area contributed by atoms with E-state index in [0.717, 1.165) is 37.0 Å². The maximum absolute atomic E-state index is 7.91. The molecule has 0 N–H and O–H groups in total. The third-order valence-electron chi connectivity index (χ3n) is 9.63. The Balaban J connectivity index is 1.45. The van der Waals surface area contributed by atoms with Crippen LogP contribution >= 0.6 is 11.8 Å². The van der Waals surface area contributed by atoms with Gasteiger partial charge in [-0.25, -0.2) is 0 Å². The molecule has 3 aliphatic rings. The summed E-state index contributed by atoms with van der Waals surface area (Å²) in [6.07, 6.45) is 5.95. The number of ether oxygens (including phenoxy) is 5. The molecule has 8 heteroatoms. The van der Waals surface area contributed by atoms with E-state index >= 15 is 0 Å². The maximum Gasteiger partial charge on any atom is 0.261 e. The number of hydrogen-bond donors (Lipinski definition) is 0. The van der Waals surface area contributed by atoms with Crippen molar-refractivity contribution >= 4 is 30.5 Å². The second kappa shape index (κ2) is 13.9. The van der Waals surface area contributed by atoms with Crippen molar-refractivity contribution in [2.75, 3.05) is 20.0 Å². The fraction of sp³-hybridized carbons (Fsp3) is 0.514. The van der Waals surface area contributed by atoms with Crippen LogP contribution in [-0.2, 0) is 30.0 Å². The van der Waals surface area contributed by atoms with Crippen LogP contribution in [0.15, 0.2) is 84.9 Å². The summed E-state index contributed by atoms with van der Waals surface area (Å²) in [6, 6.07) is 29.7. The molecule has 1 spiro atoms. The summed E-state index contributed by atoms with van der Waals surface area (Å²) in [5.41, 5.74) is 0.818. The molecule has 3 fully saturated rings. The number of rotatable bonds is 9. The van der Waals surface area contributed by atoms with Crippen molar-refractivity contribution in [3.05, 3.63) is 90.5 Å². The van der Waals surface area contributed by atoms with Crippen molar-refractivity contribution in [3.8, 4) is 5.75 Å². The van der Waals surface area contributed by atoms with E-state index in [9.17, 15) is 0 Å². The summed E-state index contributed by atoms with van der Waals surface area (Å²) < 4.78 is 40.6. The van der Waals surface area contributed by atoms with E-state index in [1.54, 1.807) is 18.9 Å². The van der Waals surface area contributed by atoms with E-state index in [4.69, 9.17) is 28.1 Å². The van der Waals surface area contributed by atoms with Gasteiger partial charge in [0.1, 0.15) is 35.6 Å². The minimum atomic E-state index is -2.96. The smallest absolute Gasteiger partial charge is 0.261 e. The number of fused-ring (bicyclic) bond motifs is 1. The predicted octanol–water partition coefficient (Wildman–Crippen LogP) is 6.69. The molecule has 0 unspecified atom stereocenters. The molecule has 45 heavy (non-hydrogen) atoms. The first-order valence-corrected chi connectivity index (χ1v) is 19.5. The first kappa shape index (κ1) is 32.8. The van der Waals surface area contributed by atoms with Crippen LogP contribution in [-0.4, -0.2) is 63.9 Å². The van der Waals surface area contributed by atoms with E-state index in [1.807, 2.05) is 12.1 Å². The summed E-state index contributed by atoms with van der Waals surface area (Å²) in [5.74, 6) is 0.230. The molecule has 2 saturated heterocycles. The lowest BCUT2D eigenvalue weighted by Crippen LogP contribution is -2.73. The maximum atomic E-state index is 7.91. The zero-order valence-corrected chi connectivity index (χ0v) is 29.1. The van der Waals surface area contributed by atoms with Gasteiger partial charge in [-0.1, -0.05) is 100.0 Å². The fourth-order valence-electron chi connectivity index (χ4n) is 7.33. The Morgan fingerprint density at radius 3 is 2.02 bits per heavy atom. The van der Waals surface area contributed by atoms with E-state index < -0.39 is 14.1 Å². The van der Waals surface area contributed by atoms with E-state index in [1.165, 1.54) is 16.8 Å². The Kier molecular flexibility index (Phi) is 10.1. The van der Waals surface area contributed by atoms with Crippen LogP contribution in [0, 0.1) is 0 Å². The van der Waals surface area contributed by atoms with Crippen molar-refractivity contribution in [1.82, 2.24) is 0 Å². The fourth-order valence-corrected chi connectivity index (χ4v) is 12.8. The Morgan fingerprint density at radius 1 is 0.844 bits per heavy atom. The molecule has 5 atom stereocenters. The predicted molar refractivity (Wildman–Crippen MR) is 183 cm³/mol. The largest absolute Gasteiger partial charge is 0.497 e. The molecule has 1 saturated carbocycles. The zero-order valence-electron chi connectivity index (χ0n) is 27.3. The lowest BCUT2D eigenvalue weighted by atomic mass is 9.91. The van der Waals surface area contributed by atoms with Gasteiger partial charge in [0, 0.05) is 12.8 Å². The van der Waals surface area contributed by atoms with E-state index in [0.29, 0.717) is 13.2 Å². The summed E-state index contributed by atoms with van der Waals surface area (Å²) in [7, 11) is -1.28. The molecular weight excluding hydrogens is 601 g/mol. The number of thioether (sulfide) groups is 1. The molecule has 0 radical (unpaired) electrons. The van der Waals surface area contributed by atoms with Crippen LogP contribution in [0.4, 0.5) is 0 Å². The Hall–Kier alpha value is -2.17. The SMILES string of the molecule is COc1ccc(CO[C@H]2[C@@H](O[Si](c3ccccc3)(c3ccccc3)C(C)(C)C)[C@@H]3OC4(CCCCC4)OC[C@H]3O[C@@H]2SC)cc1. The number of methoxy groups -OCH3 is 1. The Morgan fingerprint density at radius 2 is 1.47 bits per heavy atom. The molecule has 242 valence electrons. The van der Waals surface area contributed by atoms with Crippen molar-refractivity contribution in [1.29, 1.82) is 0 Å². The molecular formula is C37H48O6SSi. The van der Waals surface area contributed by atoms with Gasteiger partial charge in [-0.15, -0.1) is 11.8 Å². The minimum absolute atomic E-state index is 0.202. The third-order valence-corrected chi connectivity index (χ3v) is 15.5. The van der Waals surface area contributed by atoms with Crippen LogP contribution in [0.2, 0.25) is 5.04 Å². The van der Waals surface area contributed by atoms with E-state index in [2.05, 4.69) is 99.8 Å². The standard InChI is InChI=1S/C37H48O6SSi/c1-36(2,3)45(29-15-9-6-10-16-29,30-17-11-7-12-18-30)43-33-32-31(26-40-37(42-32)23-13-8-14-24-37)41-35(44-5)34(33)39-25-27-19-21-28(38-4)22-20-27/h6-7,9-12,15-22,31-35H,8,13-14,23-26H2,1-5H3/t31-,32-,33+,34+,35-/m1/s1. The summed E-state index contributed by atoms with van der Waals surface area (Å²) in [6.45, 7) is 7.89. The van der Waals surface area contributed by atoms with Gasteiger partial charge in [0.05, 0.1) is 20.3 Å². The van der Waals surface area contributed by atoms with Crippen molar-refractivity contribution < 1.29 is 28.1 Å². The quantitative estimate of drug-likeness (QED) is 0.240. The van der Waals surface area contributed by atoms with Crippen LogP contribution in [0.5, 0.6) is 5.75 Å². The molecule has 1 aliphatic carbocycles. The number of hydrogen-bond acceptors (Lipinski definition) is 7. The molecule has 2 heterocycles. The molecule has 0 bridgehead atoms. The molecule has 6 rings (SSSR count). The van der Waals surface area contributed by atoms with Crippen LogP contribution in [0.1, 0.15) is 58.4 Å². The van der Waals surface area contributed by atoms with Gasteiger partial charge in [-0.05, 0) is 52.2 Å². The zero-order chi connectivity index (χ0) is 31.5. The highest BCUT2D eigenvalue weighted by atomic mass is 32.2. The average Bonchev–Trinajstić information content (AvgIpc) is 3.07. The van der Waals surface area contributed by atoms with Crippen LogP contribution in [0.3, 0.4) is 0 Å². The minimum Gasteiger partial charge on any atom is -0.497 e. The molecule has 6 nitrogen and oxygen atoms in total. The van der Waals surface area contributed by atoms with Crippen molar-refractivity contribution in [2.24, 2.45) is 0 Å². The highest BCUT2D eigenvalue weighted by molar-refractivity contribution is 7.99. The van der Waals surface area contributed by atoms with Gasteiger partial charge in [-0.3, -0.25) is 0 Å². The molecule has 2 aliphatic heterocycles. The number of benzene rings is 3. The third kappa shape index (κ3) is 6.66. The van der Waals surface area contributed by atoms with Crippen molar-refractivity contribution in [3.63, 3.8) is 0 Å². The van der Waals surface area contributed by atoms with Gasteiger partial charge in [0.2, 0.25) is 0 Å². The molecule has 0 aromatic heterocycles. The summed E-state index contributed by atoms with van der Waals surface area (Å²) in [4.78, 5) is 0. The van der Waals surface area contributed by atoms with Crippen LogP contribution in [0.25, 0.3) is 0 Å². The van der Waals surface area contributed by atoms with Crippen molar-refractivity contribution in [2.45, 2.75) is 100 Å². The lowest BCUT2D eigenvalue weighted by molar-refractivity contribution is -0.370. The second-order valence-electron chi connectivity index (χ2n) is 13.5.